The highest BCUT2D eigenvalue weighted by Crippen LogP contribution is 2.27. The molecule has 0 amide bonds. The van der Waals surface area contributed by atoms with Gasteiger partial charge >= 0.3 is 0 Å². The summed E-state index contributed by atoms with van der Waals surface area (Å²) in [7, 11) is 0. The molecule has 0 aliphatic rings. The first-order valence-corrected chi connectivity index (χ1v) is 6.28. The van der Waals surface area contributed by atoms with Gasteiger partial charge in [0, 0.05) is 16.1 Å². The Bertz CT molecular complexity index is 752. The van der Waals surface area contributed by atoms with Gasteiger partial charge < -0.3 is 10.8 Å². The molecule has 6 heteroatoms. The molecule has 0 radical (unpaired) electrons. The van der Waals surface area contributed by atoms with Gasteiger partial charge in [0.2, 0.25) is 0 Å². The van der Waals surface area contributed by atoms with Crippen LogP contribution in [-0.4, -0.2) is 20.3 Å². The fourth-order valence-corrected chi connectivity index (χ4v) is 1.95. The van der Waals surface area contributed by atoms with Crippen molar-refractivity contribution in [2.45, 2.75) is 0 Å². The third-order valence-electron chi connectivity index (χ3n) is 2.89. The molecule has 2 aromatic carbocycles. The van der Waals surface area contributed by atoms with E-state index in [2.05, 4.69) is 15.2 Å². The zero-order valence-electron chi connectivity index (χ0n) is 10.3. The fraction of sp³-hybridized carbons (Fsp3) is 0. The number of aromatic hydroxyl groups is 1. The topological polar surface area (TPSA) is 87.8 Å². The summed E-state index contributed by atoms with van der Waals surface area (Å²) in [6, 6.07) is 12.2. The SMILES string of the molecule is Nc1cc(-c2n[nH]c(-c3ccc(Cl)cc3)n2)ccc1O. The first kappa shape index (κ1) is 12.5. The number of nitrogen functional groups attached to an aromatic ring is 1. The van der Waals surface area contributed by atoms with Gasteiger partial charge in [-0.1, -0.05) is 11.6 Å². The van der Waals surface area contributed by atoms with Gasteiger partial charge in [0.1, 0.15) is 5.75 Å². The van der Waals surface area contributed by atoms with Crippen molar-refractivity contribution in [2.24, 2.45) is 0 Å². The Kier molecular flexibility index (Phi) is 3.04. The van der Waals surface area contributed by atoms with Gasteiger partial charge in [-0.2, -0.15) is 5.10 Å². The van der Waals surface area contributed by atoms with Crippen molar-refractivity contribution in [3.05, 3.63) is 47.5 Å². The minimum absolute atomic E-state index is 0.0437. The van der Waals surface area contributed by atoms with Gasteiger partial charge in [0.25, 0.3) is 0 Å². The summed E-state index contributed by atoms with van der Waals surface area (Å²) in [5.41, 5.74) is 7.58. The Morgan fingerprint density at radius 2 is 1.75 bits per heavy atom. The molecule has 3 rings (SSSR count). The molecule has 5 nitrogen and oxygen atoms in total. The van der Waals surface area contributed by atoms with E-state index in [4.69, 9.17) is 17.3 Å². The van der Waals surface area contributed by atoms with Crippen LogP contribution in [0.25, 0.3) is 22.8 Å². The van der Waals surface area contributed by atoms with Crippen molar-refractivity contribution in [2.75, 3.05) is 5.73 Å². The number of rotatable bonds is 2. The third-order valence-corrected chi connectivity index (χ3v) is 3.14. The Morgan fingerprint density at radius 3 is 2.45 bits per heavy atom. The molecular weight excluding hydrogens is 276 g/mol. The molecule has 20 heavy (non-hydrogen) atoms. The van der Waals surface area contributed by atoms with Gasteiger partial charge in [-0.15, -0.1) is 0 Å². The van der Waals surface area contributed by atoms with Crippen LogP contribution < -0.4 is 5.73 Å². The smallest absolute Gasteiger partial charge is 0.181 e. The van der Waals surface area contributed by atoms with Crippen LogP contribution in [0.4, 0.5) is 5.69 Å². The highest BCUT2D eigenvalue weighted by atomic mass is 35.5. The molecule has 0 saturated heterocycles. The summed E-state index contributed by atoms with van der Waals surface area (Å²) < 4.78 is 0. The van der Waals surface area contributed by atoms with Gasteiger partial charge in [-0.25, -0.2) is 4.98 Å². The number of hydrogen-bond donors (Lipinski definition) is 3. The first-order chi connectivity index (χ1) is 9.63. The largest absolute Gasteiger partial charge is 0.506 e. The Hall–Kier alpha value is -2.53. The van der Waals surface area contributed by atoms with E-state index in [0.717, 1.165) is 11.1 Å². The number of H-pyrrole nitrogens is 1. The summed E-state index contributed by atoms with van der Waals surface area (Å²) in [5.74, 6) is 1.20. The molecule has 3 aromatic rings. The van der Waals surface area contributed by atoms with Gasteiger partial charge in [-0.05, 0) is 42.5 Å². The summed E-state index contributed by atoms with van der Waals surface area (Å²) >= 11 is 5.85. The Morgan fingerprint density at radius 1 is 1.05 bits per heavy atom. The molecule has 100 valence electrons. The zero-order valence-corrected chi connectivity index (χ0v) is 11.1. The lowest BCUT2D eigenvalue weighted by atomic mass is 10.2. The second-order valence-corrected chi connectivity index (χ2v) is 4.72. The second kappa shape index (κ2) is 4.86. The maximum atomic E-state index is 9.41. The van der Waals surface area contributed by atoms with Crippen LogP contribution in [0.15, 0.2) is 42.5 Å². The van der Waals surface area contributed by atoms with E-state index in [9.17, 15) is 5.11 Å². The number of anilines is 1. The molecule has 0 saturated carbocycles. The molecule has 1 aromatic heterocycles. The molecule has 0 aliphatic heterocycles. The second-order valence-electron chi connectivity index (χ2n) is 4.29. The monoisotopic (exact) mass is 286 g/mol. The van der Waals surface area contributed by atoms with E-state index in [0.29, 0.717) is 22.4 Å². The van der Waals surface area contributed by atoms with Crippen molar-refractivity contribution >= 4 is 17.3 Å². The van der Waals surface area contributed by atoms with E-state index < -0.39 is 0 Å². The molecular formula is C14H11ClN4O. The van der Waals surface area contributed by atoms with E-state index >= 15 is 0 Å². The maximum Gasteiger partial charge on any atom is 0.181 e. The van der Waals surface area contributed by atoms with Gasteiger partial charge in [0.05, 0.1) is 5.69 Å². The number of phenols is 1. The average Bonchev–Trinajstić information content (AvgIpc) is 2.92. The summed E-state index contributed by atoms with van der Waals surface area (Å²) in [6.45, 7) is 0. The molecule has 0 aliphatic carbocycles. The number of halogens is 1. The molecule has 0 bridgehead atoms. The highest BCUT2D eigenvalue weighted by molar-refractivity contribution is 6.30. The van der Waals surface area contributed by atoms with Crippen LogP contribution in [0.1, 0.15) is 0 Å². The minimum atomic E-state index is 0.0437. The summed E-state index contributed by atoms with van der Waals surface area (Å²) in [6.07, 6.45) is 0. The lowest BCUT2D eigenvalue weighted by Gasteiger charge is -2.00. The number of aromatic amines is 1. The lowest BCUT2D eigenvalue weighted by Crippen LogP contribution is -1.88. The molecule has 1 heterocycles. The van der Waals surface area contributed by atoms with Crippen molar-refractivity contribution in [1.29, 1.82) is 0 Å². The predicted molar refractivity (Wildman–Crippen MR) is 78.3 cm³/mol. The fourth-order valence-electron chi connectivity index (χ4n) is 1.82. The van der Waals surface area contributed by atoms with Crippen molar-refractivity contribution in [1.82, 2.24) is 15.2 Å². The highest BCUT2D eigenvalue weighted by Gasteiger charge is 2.09. The third kappa shape index (κ3) is 2.31. The zero-order chi connectivity index (χ0) is 14.1. The van der Waals surface area contributed by atoms with E-state index in [-0.39, 0.29) is 5.75 Å². The number of nitrogens with zero attached hydrogens (tertiary/aromatic N) is 2. The number of hydrogen-bond acceptors (Lipinski definition) is 4. The van der Waals surface area contributed by atoms with Crippen LogP contribution in [0.5, 0.6) is 5.75 Å². The molecule has 0 fully saturated rings. The number of aromatic nitrogens is 3. The van der Waals surface area contributed by atoms with Crippen LogP contribution in [0.2, 0.25) is 5.02 Å². The average molecular weight is 287 g/mol. The molecule has 0 unspecified atom stereocenters. The maximum absolute atomic E-state index is 9.41. The molecule has 0 atom stereocenters. The van der Waals surface area contributed by atoms with Crippen molar-refractivity contribution in [3.8, 4) is 28.5 Å². The van der Waals surface area contributed by atoms with Crippen LogP contribution in [0.3, 0.4) is 0 Å². The normalized spacial score (nSPS) is 10.7. The summed E-state index contributed by atoms with van der Waals surface area (Å²) in [5, 5.41) is 17.1. The number of phenolic OH excluding ortho intramolecular Hbond substituents is 1. The Labute approximate surface area is 120 Å². The van der Waals surface area contributed by atoms with Crippen LogP contribution in [-0.2, 0) is 0 Å². The Balaban J connectivity index is 1.97. The minimum Gasteiger partial charge on any atom is -0.506 e. The van der Waals surface area contributed by atoms with E-state index in [1.807, 2.05) is 12.1 Å². The van der Waals surface area contributed by atoms with Crippen LogP contribution in [0, 0.1) is 0 Å². The lowest BCUT2D eigenvalue weighted by molar-refractivity contribution is 0.478. The van der Waals surface area contributed by atoms with Gasteiger partial charge in [0.15, 0.2) is 11.6 Å². The number of nitrogens with one attached hydrogen (secondary N) is 1. The van der Waals surface area contributed by atoms with E-state index in [1.54, 1.807) is 24.3 Å². The number of nitrogens with two attached hydrogens (primary N) is 1. The quantitative estimate of drug-likeness (QED) is 0.499. The molecule has 0 spiro atoms. The van der Waals surface area contributed by atoms with Gasteiger partial charge in [-0.3, -0.25) is 5.10 Å². The summed E-state index contributed by atoms with van der Waals surface area (Å²) in [4.78, 5) is 4.40. The predicted octanol–water partition coefficient (Wildman–Crippen LogP) is 3.08. The number of benzene rings is 2. The van der Waals surface area contributed by atoms with Crippen molar-refractivity contribution in [3.63, 3.8) is 0 Å². The van der Waals surface area contributed by atoms with E-state index in [1.165, 1.54) is 6.07 Å². The molecule has 4 N–H and O–H groups in total. The van der Waals surface area contributed by atoms with Crippen molar-refractivity contribution < 1.29 is 5.11 Å². The first-order valence-electron chi connectivity index (χ1n) is 5.91. The van der Waals surface area contributed by atoms with Crippen LogP contribution >= 0.6 is 11.6 Å². The standard InChI is InChI=1S/C14H11ClN4O/c15-10-4-1-8(2-5-10)13-17-14(19-18-13)9-3-6-12(20)11(16)7-9/h1-7,20H,16H2,(H,17,18,19).